The van der Waals surface area contributed by atoms with E-state index in [1.807, 2.05) is 0 Å². The number of aliphatic carboxylic acids is 1. The molecule has 0 amide bonds. The Hall–Kier alpha value is -0.780. The summed E-state index contributed by atoms with van der Waals surface area (Å²) in [6.45, 7) is 1.93. The third-order valence-corrected chi connectivity index (χ3v) is 3.03. The molecule has 3 nitrogen and oxygen atoms in total. The van der Waals surface area contributed by atoms with Gasteiger partial charge in [0.05, 0.1) is 5.92 Å². The number of alkyl halides is 3. The van der Waals surface area contributed by atoms with Gasteiger partial charge in [-0.05, 0) is 25.8 Å². The number of carboxylic acid groups (broad SMARTS) is 1. The molecule has 0 aliphatic carbocycles. The van der Waals surface area contributed by atoms with Crippen LogP contribution < -0.4 is 0 Å². The molecule has 1 aliphatic rings. The number of hydrogen-bond acceptors (Lipinski definition) is 2. The minimum absolute atomic E-state index is 0.107. The van der Waals surface area contributed by atoms with Crippen LogP contribution in [0.1, 0.15) is 26.2 Å². The van der Waals surface area contributed by atoms with Crippen molar-refractivity contribution in [1.29, 1.82) is 0 Å². The predicted molar refractivity (Wildman–Crippen MR) is 52.1 cm³/mol. The fourth-order valence-electron chi connectivity index (χ4n) is 2.15. The van der Waals surface area contributed by atoms with Crippen molar-refractivity contribution in [2.45, 2.75) is 38.4 Å². The fourth-order valence-corrected chi connectivity index (χ4v) is 2.15. The Morgan fingerprint density at radius 3 is 2.62 bits per heavy atom. The Bertz CT molecular complexity index is 255. The molecule has 2 unspecified atom stereocenters. The number of carboxylic acids is 1. The van der Waals surface area contributed by atoms with Crippen molar-refractivity contribution < 1.29 is 23.1 Å². The Morgan fingerprint density at radius 1 is 1.56 bits per heavy atom. The van der Waals surface area contributed by atoms with E-state index >= 15 is 0 Å². The van der Waals surface area contributed by atoms with E-state index in [4.69, 9.17) is 5.11 Å². The molecule has 0 aromatic heterocycles. The fraction of sp³-hybridized carbons (Fsp3) is 0.900. The topological polar surface area (TPSA) is 40.5 Å². The van der Waals surface area contributed by atoms with E-state index in [0.717, 1.165) is 0 Å². The lowest BCUT2D eigenvalue weighted by molar-refractivity contribution is -0.190. The van der Waals surface area contributed by atoms with Crippen molar-refractivity contribution in [2.24, 2.45) is 5.92 Å². The maximum atomic E-state index is 12.5. The molecule has 0 aromatic rings. The summed E-state index contributed by atoms with van der Waals surface area (Å²) in [5.41, 5.74) is 0. The van der Waals surface area contributed by atoms with Gasteiger partial charge in [0.15, 0.2) is 0 Å². The first kappa shape index (κ1) is 13.3. The zero-order valence-electron chi connectivity index (χ0n) is 9.13. The van der Waals surface area contributed by atoms with E-state index in [9.17, 15) is 18.0 Å². The van der Waals surface area contributed by atoms with Gasteiger partial charge in [0.1, 0.15) is 6.04 Å². The van der Waals surface area contributed by atoms with Crippen molar-refractivity contribution in [3.63, 3.8) is 0 Å². The minimum Gasteiger partial charge on any atom is -0.480 e. The van der Waals surface area contributed by atoms with Gasteiger partial charge in [0, 0.05) is 6.54 Å². The number of halogens is 3. The molecule has 0 spiro atoms. The number of carbonyl (C=O) groups is 1. The van der Waals surface area contributed by atoms with Gasteiger partial charge in [-0.2, -0.15) is 13.2 Å². The molecular weight excluding hydrogens is 223 g/mol. The molecule has 94 valence electrons. The van der Waals surface area contributed by atoms with Gasteiger partial charge < -0.3 is 5.11 Å². The van der Waals surface area contributed by atoms with Crippen LogP contribution in [0.2, 0.25) is 0 Å². The van der Waals surface area contributed by atoms with Crippen molar-refractivity contribution in [3.05, 3.63) is 0 Å². The summed E-state index contributed by atoms with van der Waals surface area (Å²) < 4.78 is 37.5. The number of piperidine rings is 1. The van der Waals surface area contributed by atoms with E-state index in [0.29, 0.717) is 19.4 Å². The van der Waals surface area contributed by atoms with E-state index in [1.54, 1.807) is 6.92 Å². The molecule has 1 heterocycles. The summed E-state index contributed by atoms with van der Waals surface area (Å²) in [5, 5.41) is 8.89. The average Bonchev–Trinajstić information content (AvgIpc) is 2.17. The highest BCUT2D eigenvalue weighted by atomic mass is 19.4. The van der Waals surface area contributed by atoms with Crippen molar-refractivity contribution in [1.82, 2.24) is 4.90 Å². The Labute approximate surface area is 92.2 Å². The molecule has 1 saturated heterocycles. The van der Waals surface area contributed by atoms with E-state index in [2.05, 4.69) is 0 Å². The standard InChI is InChI=1S/C10H16F3NO2/c1-2-8(9(15)16)14-5-3-4-7(6-14)10(11,12)13/h7-8H,2-6H2,1H3,(H,15,16). The highest BCUT2D eigenvalue weighted by Crippen LogP contribution is 2.33. The highest BCUT2D eigenvalue weighted by molar-refractivity contribution is 5.73. The van der Waals surface area contributed by atoms with Crippen LogP contribution in [0.4, 0.5) is 13.2 Å². The van der Waals surface area contributed by atoms with Gasteiger partial charge in [-0.25, -0.2) is 0 Å². The molecule has 1 N–H and O–H groups in total. The smallest absolute Gasteiger partial charge is 0.393 e. The van der Waals surface area contributed by atoms with Gasteiger partial charge >= 0.3 is 12.1 Å². The molecule has 0 bridgehead atoms. The van der Waals surface area contributed by atoms with Gasteiger partial charge in [-0.1, -0.05) is 6.92 Å². The summed E-state index contributed by atoms with van der Waals surface area (Å²) in [6.07, 6.45) is -3.36. The normalized spacial score (nSPS) is 25.4. The zero-order valence-corrected chi connectivity index (χ0v) is 9.13. The second-order valence-electron chi connectivity index (χ2n) is 4.14. The first-order valence-electron chi connectivity index (χ1n) is 5.39. The molecule has 1 rings (SSSR count). The number of nitrogens with zero attached hydrogens (tertiary/aromatic N) is 1. The zero-order chi connectivity index (χ0) is 12.3. The van der Waals surface area contributed by atoms with Crippen LogP contribution in [0.3, 0.4) is 0 Å². The maximum absolute atomic E-state index is 12.5. The molecule has 0 saturated carbocycles. The van der Waals surface area contributed by atoms with Crippen molar-refractivity contribution >= 4 is 5.97 Å². The van der Waals surface area contributed by atoms with E-state index in [1.165, 1.54) is 4.90 Å². The molecule has 6 heteroatoms. The quantitative estimate of drug-likeness (QED) is 0.820. The van der Waals surface area contributed by atoms with Crippen LogP contribution in [-0.2, 0) is 4.79 Å². The van der Waals surface area contributed by atoms with Crippen molar-refractivity contribution in [2.75, 3.05) is 13.1 Å². The number of rotatable bonds is 3. The van der Waals surface area contributed by atoms with Gasteiger partial charge in [-0.3, -0.25) is 9.69 Å². The lowest BCUT2D eigenvalue weighted by Crippen LogP contribution is -2.49. The third-order valence-electron chi connectivity index (χ3n) is 3.03. The predicted octanol–water partition coefficient (Wildman–Crippen LogP) is 2.12. The number of hydrogen-bond donors (Lipinski definition) is 1. The molecule has 16 heavy (non-hydrogen) atoms. The summed E-state index contributed by atoms with van der Waals surface area (Å²) in [5.74, 6) is -2.42. The average molecular weight is 239 g/mol. The van der Waals surface area contributed by atoms with E-state index in [-0.39, 0.29) is 13.0 Å². The third kappa shape index (κ3) is 3.10. The molecular formula is C10H16F3NO2. The molecule has 2 atom stereocenters. The van der Waals surface area contributed by atoms with Crippen molar-refractivity contribution in [3.8, 4) is 0 Å². The Kier molecular flexibility index (Phi) is 4.18. The van der Waals surface area contributed by atoms with Crippen LogP contribution in [0, 0.1) is 5.92 Å². The monoisotopic (exact) mass is 239 g/mol. The summed E-state index contributed by atoms with van der Waals surface area (Å²) in [6, 6.07) is -0.787. The molecule has 0 radical (unpaired) electrons. The maximum Gasteiger partial charge on any atom is 0.393 e. The van der Waals surface area contributed by atoms with Gasteiger partial charge in [-0.15, -0.1) is 0 Å². The first-order chi connectivity index (χ1) is 7.36. The lowest BCUT2D eigenvalue weighted by atomic mass is 9.95. The van der Waals surface area contributed by atoms with Crippen LogP contribution in [0.25, 0.3) is 0 Å². The molecule has 1 fully saturated rings. The lowest BCUT2D eigenvalue weighted by Gasteiger charge is -2.36. The first-order valence-corrected chi connectivity index (χ1v) is 5.39. The largest absolute Gasteiger partial charge is 0.480 e. The Morgan fingerprint density at radius 2 is 2.19 bits per heavy atom. The van der Waals surface area contributed by atoms with E-state index < -0.39 is 24.1 Å². The molecule has 0 aromatic carbocycles. The van der Waals surface area contributed by atoms with Gasteiger partial charge in [0.25, 0.3) is 0 Å². The van der Waals surface area contributed by atoms with Crippen LogP contribution in [-0.4, -0.2) is 41.3 Å². The Balaban J connectivity index is 2.66. The summed E-state index contributed by atoms with van der Waals surface area (Å²) >= 11 is 0. The second-order valence-corrected chi connectivity index (χ2v) is 4.14. The second kappa shape index (κ2) is 5.03. The SMILES string of the molecule is CCC(C(=O)O)N1CCCC(C(F)(F)F)C1. The van der Waals surface area contributed by atoms with Gasteiger partial charge in [0.2, 0.25) is 0 Å². The molecule has 1 aliphatic heterocycles. The highest BCUT2D eigenvalue weighted by Gasteiger charge is 2.43. The van der Waals surface area contributed by atoms with Crippen LogP contribution >= 0.6 is 0 Å². The number of likely N-dealkylation sites (tertiary alicyclic amines) is 1. The minimum atomic E-state index is -4.21. The van der Waals surface area contributed by atoms with Crippen LogP contribution in [0.5, 0.6) is 0 Å². The van der Waals surface area contributed by atoms with Crippen LogP contribution in [0.15, 0.2) is 0 Å². The summed E-state index contributed by atoms with van der Waals surface area (Å²) in [7, 11) is 0. The summed E-state index contributed by atoms with van der Waals surface area (Å²) in [4.78, 5) is 12.3.